The Morgan fingerprint density at radius 1 is 0.197 bits per heavy atom. The molecule has 0 amide bonds. The Morgan fingerprint density at radius 3 is 0.621 bits per heavy atom. The van der Waals surface area contributed by atoms with Crippen LogP contribution in [0.25, 0.3) is 143 Å². The molecule has 0 fully saturated rings. The van der Waals surface area contributed by atoms with Crippen LogP contribution in [0.2, 0.25) is 0 Å². The molecule has 0 spiro atoms. The molecule has 10 heteroatoms. The first-order valence-electron chi connectivity index (χ1n) is 48.7. The van der Waals surface area contributed by atoms with Crippen molar-refractivity contribution in [2.24, 2.45) is 0 Å². The second-order valence-electron chi connectivity index (χ2n) is 35.0. The number of nitrogens with zero attached hydrogens (tertiary/aromatic N) is 4. The van der Waals surface area contributed by atoms with E-state index >= 15 is 0 Å². The van der Waals surface area contributed by atoms with Gasteiger partial charge < -0.3 is 27.8 Å². The Bertz CT molecular complexity index is 5570. The van der Waals surface area contributed by atoms with E-state index in [0.717, 1.165) is 171 Å². The van der Waals surface area contributed by atoms with Crippen LogP contribution in [0.4, 0.5) is 0 Å². The standard InChI is InChI=1S/C122H134N4O6/c1-9-13-17-21-25-29-81-127-115-89-113(117(85-93(115)7)129-83-31-27-23-19-15-11-3)79-65-101-51-47-99(48-52-101)63-77-111-87-109(75-61-97-43-37-95(38-44-97)41-55-103-57-71-107(72-58-103)121-125-123-119(131-121)105-67-33-91(5)34-68-105)110(76-62-98-45-39-96(40-46-98)42-56-104-59-73-108(74-60-104)122-126-124-120(132-122)106-69-35-92(6)36-70-106)88-112(111)78-64-100-49-53-102(54-50-100)66-80-114-90-116(128-82-30-26-22-18-14-10-2)94(8)86-118(114)130-84-32-28-24-20-16-12-4/h33-80,85-90H,9-32,81-84H2,1-8H3/b55-41+,56-42+,75-61+,76-62+,77-63+,78-64+,79-65+,80-66+. The van der Waals surface area contributed by atoms with Gasteiger partial charge in [0, 0.05) is 33.4 Å². The van der Waals surface area contributed by atoms with Gasteiger partial charge in [0.25, 0.3) is 0 Å². The predicted octanol–water partition coefficient (Wildman–Crippen LogP) is 34.7. The third-order valence-corrected chi connectivity index (χ3v) is 24.1. The molecule has 2 heterocycles. The maximum absolute atomic E-state index is 6.60. The van der Waals surface area contributed by atoms with Crippen LogP contribution in [0.3, 0.4) is 0 Å². The van der Waals surface area contributed by atoms with E-state index in [1.54, 1.807) is 0 Å². The average Bonchev–Trinajstić information content (AvgIpc) is 1.14. The van der Waals surface area contributed by atoms with Crippen LogP contribution in [0.1, 0.15) is 293 Å². The zero-order valence-electron chi connectivity index (χ0n) is 79.2. The van der Waals surface area contributed by atoms with Gasteiger partial charge in [0.2, 0.25) is 23.6 Å². The van der Waals surface area contributed by atoms with E-state index in [1.165, 1.54) is 140 Å². The van der Waals surface area contributed by atoms with Gasteiger partial charge in [-0.3, -0.25) is 0 Å². The SMILES string of the molecule is CCCCCCCCOc1cc(/C=C/c2ccc(/C=C/c3cc(/C=C/c4ccc(/C=C/c5ccc(-c6nnc(-c7ccc(C)cc7)o6)cc5)cc4)c(/C=C/c4ccc(/C=C/c5ccc(-c6nnc(-c7ccc(C)cc7)o6)cc5)cc4)cc3/C=C/c3ccc(/C=C/c4cc(OCCCCCCCC)c(C)cc4OCCCCCCCC)cc3)cc2)c(OCCCCCCCC)cc1C. The topological polar surface area (TPSA) is 115 Å². The fourth-order valence-corrected chi connectivity index (χ4v) is 15.8. The van der Waals surface area contributed by atoms with Crippen molar-refractivity contribution in [3.05, 3.63) is 342 Å². The van der Waals surface area contributed by atoms with Crippen molar-refractivity contribution in [3.63, 3.8) is 0 Å². The van der Waals surface area contributed by atoms with Crippen molar-refractivity contribution in [2.45, 2.75) is 209 Å². The van der Waals surface area contributed by atoms with Crippen molar-refractivity contribution in [3.8, 4) is 68.8 Å². The number of rotatable bonds is 52. The zero-order valence-corrected chi connectivity index (χ0v) is 79.2. The fraction of sp³-hybridized carbons (Fsp3) is 0.295. The lowest BCUT2D eigenvalue weighted by Crippen LogP contribution is -2.02. The van der Waals surface area contributed by atoms with Crippen LogP contribution in [-0.2, 0) is 0 Å². The lowest BCUT2D eigenvalue weighted by atomic mass is 9.95. The minimum atomic E-state index is 0.486. The first-order valence-corrected chi connectivity index (χ1v) is 48.7. The molecule has 0 radical (unpaired) electrons. The minimum absolute atomic E-state index is 0.486. The van der Waals surface area contributed by atoms with E-state index in [2.05, 4.69) is 331 Å². The lowest BCUT2D eigenvalue weighted by molar-refractivity contribution is 0.294. The number of unbranched alkanes of at least 4 members (excludes halogenated alkanes) is 20. The summed E-state index contributed by atoms with van der Waals surface area (Å²) in [6, 6.07) is 81.0. The molecule has 0 aliphatic heterocycles. The summed E-state index contributed by atoms with van der Waals surface area (Å²) in [5, 5.41) is 17.4. The number of aromatic nitrogens is 4. The highest BCUT2D eigenvalue weighted by Gasteiger charge is 2.17. The largest absolute Gasteiger partial charge is 0.493 e. The Hall–Kier alpha value is -13.2. The highest BCUT2D eigenvalue weighted by atomic mass is 16.5. The van der Waals surface area contributed by atoms with Crippen LogP contribution in [0.15, 0.2) is 239 Å². The number of hydrogen-bond acceptors (Lipinski definition) is 10. The van der Waals surface area contributed by atoms with Gasteiger partial charge in [-0.1, -0.05) is 410 Å². The summed E-state index contributed by atoms with van der Waals surface area (Å²) >= 11 is 0. The summed E-state index contributed by atoms with van der Waals surface area (Å²) < 4.78 is 38.4. The van der Waals surface area contributed by atoms with Crippen LogP contribution in [0.5, 0.6) is 23.0 Å². The van der Waals surface area contributed by atoms with E-state index in [0.29, 0.717) is 50.0 Å². The maximum Gasteiger partial charge on any atom is 0.248 e. The van der Waals surface area contributed by atoms with E-state index in [9.17, 15) is 0 Å². The Labute approximate surface area is 786 Å². The first-order chi connectivity index (χ1) is 64.9. The van der Waals surface area contributed by atoms with Gasteiger partial charge in [-0.25, -0.2) is 0 Å². The molecular formula is C122H134N4O6. The summed E-state index contributed by atoms with van der Waals surface area (Å²) in [7, 11) is 0. The summed E-state index contributed by atoms with van der Waals surface area (Å²) in [6.45, 7) is 20.3. The molecular weight excluding hydrogens is 1620 g/mol. The van der Waals surface area contributed by atoms with Gasteiger partial charge in [0.15, 0.2) is 0 Å². The van der Waals surface area contributed by atoms with Gasteiger partial charge in [-0.05, 0) is 227 Å². The molecule has 2 aromatic heterocycles. The molecule has 13 aromatic rings. The Morgan fingerprint density at radius 2 is 0.386 bits per heavy atom. The van der Waals surface area contributed by atoms with E-state index < -0.39 is 0 Å². The highest BCUT2D eigenvalue weighted by Crippen LogP contribution is 2.36. The molecule has 0 saturated carbocycles. The smallest absolute Gasteiger partial charge is 0.248 e. The molecule has 0 N–H and O–H groups in total. The normalized spacial score (nSPS) is 11.9. The van der Waals surface area contributed by atoms with Crippen LogP contribution in [-0.4, -0.2) is 46.8 Å². The maximum atomic E-state index is 6.60. The number of benzene rings is 11. The van der Waals surface area contributed by atoms with Gasteiger partial charge in [0.05, 0.1) is 26.4 Å². The van der Waals surface area contributed by atoms with Crippen molar-refractivity contribution >= 4 is 97.2 Å². The monoisotopic (exact) mass is 1750 g/mol. The van der Waals surface area contributed by atoms with Crippen molar-refractivity contribution in [1.29, 1.82) is 0 Å². The number of aryl methyl sites for hydroxylation is 4. The summed E-state index contributed by atoms with van der Waals surface area (Å²) in [5.41, 5.74) is 25.2. The molecule has 132 heavy (non-hydrogen) atoms. The van der Waals surface area contributed by atoms with E-state index in [-0.39, 0.29) is 0 Å². The molecule has 11 aromatic carbocycles. The van der Waals surface area contributed by atoms with Crippen LogP contribution >= 0.6 is 0 Å². The quantitative estimate of drug-likeness (QED) is 0.0270. The number of ether oxygens (including phenoxy) is 4. The van der Waals surface area contributed by atoms with E-state index in [1.807, 2.05) is 72.8 Å². The highest BCUT2D eigenvalue weighted by molar-refractivity contribution is 5.88. The molecule has 678 valence electrons. The molecule has 10 nitrogen and oxygen atoms in total. The van der Waals surface area contributed by atoms with Gasteiger partial charge in [0.1, 0.15) is 23.0 Å². The Balaban J connectivity index is 0.796. The number of hydrogen-bond donors (Lipinski definition) is 0. The molecule has 0 aliphatic carbocycles. The predicted molar refractivity (Wildman–Crippen MR) is 561 cm³/mol. The van der Waals surface area contributed by atoms with Crippen molar-refractivity contribution in [2.75, 3.05) is 26.4 Å². The van der Waals surface area contributed by atoms with Gasteiger partial charge >= 0.3 is 0 Å². The third-order valence-electron chi connectivity index (χ3n) is 24.1. The molecule has 0 aliphatic rings. The molecule has 0 bridgehead atoms. The lowest BCUT2D eigenvalue weighted by Gasteiger charge is -2.15. The first kappa shape index (κ1) is 96.4. The Kier molecular flexibility index (Phi) is 38.4. The fourth-order valence-electron chi connectivity index (χ4n) is 15.8. The molecule has 0 saturated heterocycles. The molecule has 0 atom stereocenters. The summed E-state index contributed by atoms with van der Waals surface area (Å²) in [5.74, 6) is 5.61. The zero-order chi connectivity index (χ0) is 91.5. The van der Waals surface area contributed by atoms with Crippen LogP contribution in [0, 0.1) is 27.7 Å². The van der Waals surface area contributed by atoms with Gasteiger partial charge in [-0.15, -0.1) is 20.4 Å². The second-order valence-corrected chi connectivity index (χ2v) is 35.0. The van der Waals surface area contributed by atoms with Crippen molar-refractivity contribution in [1.82, 2.24) is 20.4 Å². The molecule has 13 rings (SSSR count). The third kappa shape index (κ3) is 31.0. The minimum Gasteiger partial charge on any atom is -0.493 e. The van der Waals surface area contributed by atoms with Crippen LogP contribution < -0.4 is 18.9 Å². The average molecular weight is 1750 g/mol. The summed E-state index contributed by atoms with van der Waals surface area (Å²) in [6.07, 6.45) is 64.4. The van der Waals surface area contributed by atoms with E-state index in [4.69, 9.17) is 27.8 Å². The second kappa shape index (κ2) is 52.6. The summed E-state index contributed by atoms with van der Waals surface area (Å²) in [4.78, 5) is 0. The van der Waals surface area contributed by atoms with Crippen molar-refractivity contribution < 1.29 is 27.8 Å². The molecule has 0 unspecified atom stereocenters. The van der Waals surface area contributed by atoms with Gasteiger partial charge in [-0.2, -0.15) is 0 Å².